The first-order valence-electron chi connectivity index (χ1n) is 6.75. The number of para-hydroxylation sites is 2. The Labute approximate surface area is 117 Å². The van der Waals surface area contributed by atoms with E-state index in [4.69, 9.17) is 0 Å². The average molecular weight is 264 g/mol. The van der Waals surface area contributed by atoms with Crippen LogP contribution in [0.15, 0.2) is 54.7 Å². The van der Waals surface area contributed by atoms with Gasteiger partial charge in [-0.15, -0.1) is 0 Å². The molecule has 0 aliphatic rings. The molecular weight excluding hydrogens is 248 g/mol. The van der Waals surface area contributed by atoms with Gasteiger partial charge in [-0.25, -0.2) is 0 Å². The number of carbonyl (C=O) groups is 1. The van der Waals surface area contributed by atoms with E-state index >= 15 is 0 Å². The molecule has 3 nitrogen and oxygen atoms in total. The summed E-state index contributed by atoms with van der Waals surface area (Å²) < 4.78 is 0. The number of amides is 1. The molecule has 0 saturated carbocycles. The Balaban J connectivity index is 1.93. The smallest absolute Gasteiger partial charge is 0.257 e. The number of H-pyrrole nitrogens is 1. The molecule has 0 aliphatic heterocycles. The van der Waals surface area contributed by atoms with Crippen LogP contribution in [0.2, 0.25) is 0 Å². The molecule has 3 heteroatoms. The van der Waals surface area contributed by atoms with Crippen molar-refractivity contribution in [2.75, 3.05) is 5.32 Å². The first-order chi connectivity index (χ1) is 9.79. The third-order valence-electron chi connectivity index (χ3n) is 3.48. The lowest BCUT2D eigenvalue weighted by molar-refractivity contribution is 0.102. The largest absolute Gasteiger partial charge is 0.360 e. The highest BCUT2D eigenvalue weighted by Gasteiger charge is 2.12. The number of aryl methyl sites for hydroxylation is 1. The van der Waals surface area contributed by atoms with Crippen LogP contribution in [-0.4, -0.2) is 10.9 Å². The quantitative estimate of drug-likeness (QED) is 0.738. The third kappa shape index (κ3) is 2.18. The van der Waals surface area contributed by atoms with E-state index in [0.717, 1.165) is 28.6 Å². The molecule has 0 bridgehead atoms. The number of aromatic amines is 1. The van der Waals surface area contributed by atoms with Gasteiger partial charge in [0.2, 0.25) is 0 Å². The molecular formula is C17H16N2O. The second-order valence-corrected chi connectivity index (χ2v) is 4.71. The minimum atomic E-state index is -0.0802. The Morgan fingerprint density at radius 1 is 1.10 bits per heavy atom. The van der Waals surface area contributed by atoms with Gasteiger partial charge in [0.15, 0.2) is 0 Å². The number of hydrogen-bond donors (Lipinski definition) is 2. The molecule has 0 unspecified atom stereocenters. The number of hydrogen-bond acceptors (Lipinski definition) is 1. The van der Waals surface area contributed by atoms with Crippen LogP contribution < -0.4 is 5.32 Å². The summed E-state index contributed by atoms with van der Waals surface area (Å²) in [6.07, 6.45) is 2.65. The van der Waals surface area contributed by atoms with Gasteiger partial charge in [-0.05, 0) is 24.1 Å². The molecule has 3 aromatic rings. The maximum Gasteiger partial charge on any atom is 0.257 e. The molecule has 0 radical (unpaired) electrons. The van der Waals surface area contributed by atoms with Crippen LogP contribution in [0.3, 0.4) is 0 Å². The van der Waals surface area contributed by atoms with Crippen molar-refractivity contribution in [3.8, 4) is 0 Å². The molecule has 1 heterocycles. The van der Waals surface area contributed by atoms with E-state index in [1.807, 2.05) is 48.5 Å². The van der Waals surface area contributed by atoms with Crippen LogP contribution in [0, 0.1) is 0 Å². The Bertz CT molecular complexity index is 758. The number of anilines is 1. The Morgan fingerprint density at radius 2 is 1.85 bits per heavy atom. The fourth-order valence-corrected chi connectivity index (χ4v) is 2.40. The van der Waals surface area contributed by atoms with Gasteiger partial charge in [-0.2, -0.15) is 0 Å². The molecule has 0 spiro atoms. The molecule has 2 aromatic carbocycles. The minimum Gasteiger partial charge on any atom is -0.360 e. The molecule has 100 valence electrons. The highest BCUT2D eigenvalue weighted by Crippen LogP contribution is 2.21. The van der Waals surface area contributed by atoms with Crippen LogP contribution in [0.4, 0.5) is 5.69 Å². The number of rotatable bonds is 3. The predicted octanol–water partition coefficient (Wildman–Crippen LogP) is 3.98. The number of aromatic nitrogens is 1. The molecule has 3 rings (SSSR count). The van der Waals surface area contributed by atoms with E-state index in [-0.39, 0.29) is 5.91 Å². The van der Waals surface area contributed by atoms with Crippen LogP contribution in [0.1, 0.15) is 22.8 Å². The van der Waals surface area contributed by atoms with Crippen LogP contribution in [0.25, 0.3) is 10.9 Å². The second kappa shape index (κ2) is 5.21. The molecule has 1 aromatic heterocycles. The van der Waals surface area contributed by atoms with Gasteiger partial charge in [0.1, 0.15) is 0 Å². The Morgan fingerprint density at radius 3 is 2.70 bits per heavy atom. The molecule has 1 amide bonds. The summed E-state index contributed by atoms with van der Waals surface area (Å²) >= 11 is 0. The Kier molecular flexibility index (Phi) is 3.25. The number of benzene rings is 2. The summed E-state index contributed by atoms with van der Waals surface area (Å²) in [5.41, 5.74) is 3.67. The van der Waals surface area contributed by atoms with E-state index in [0.29, 0.717) is 5.56 Å². The van der Waals surface area contributed by atoms with Crippen molar-refractivity contribution in [1.29, 1.82) is 0 Å². The van der Waals surface area contributed by atoms with Crippen LogP contribution in [0.5, 0.6) is 0 Å². The van der Waals surface area contributed by atoms with E-state index in [2.05, 4.69) is 17.2 Å². The van der Waals surface area contributed by atoms with E-state index in [1.54, 1.807) is 6.20 Å². The topological polar surface area (TPSA) is 44.9 Å². The van der Waals surface area contributed by atoms with Crippen LogP contribution in [-0.2, 0) is 6.42 Å². The monoisotopic (exact) mass is 264 g/mol. The highest BCUT2D eigenvalue weighted by molar-refractivity contribution is 6.12. The zero-order valence-electron chi connectivity index (χ0n) is 11.3. The summed E-state index contributed by atoms with van der Waals surface area (Å²) in [7, 11) is 0. The van der Waals surface area contributed by atoms with Crippen molar-refractivity contribution in [3.05, 3.63) is 65.9 Å². The summed E-state index contributed by atoms with van der Waals surface area (Å²) in [5, 5.41) is 3.94. The second-order valence-electron chi connectivity index (χ2n) is 4.71. The molecule has 0 atom stereocenters. The van der Waals surface area contributed by atoms with Gasteiger partial charge in [0.05, 0.1) is 5.56 Å². The lowest BCUT2D eigenvalue weighted by Crippen LogP contribution is -2.12. The first-order valence-corrected chi connectivity index (χ1v) is 6.75. The number of nitrogens with one attached hydrogen (secondary N) is 2. The molecule has 0 saturated heterocycles. The van der Waals surface area contributed by atoms with Gasteiger partial charge in [0.25, 0.3) is 5.91 Å². The molecule has 20 heavy (non-hydrogen) atoms. The van der Waals surface area contributed by atoms with Crippen molar-refractivity contribution in [3.63, 3.8) is 0 Å². The standard InChI is InChI=1S/C17H16N2O/c1-2-12-7-3-5-9-15(12)19-17(20)14-11-18-16-10-6-4-8-13(14)16/h3-11,18H,2H2,1H3,(H,19,20). The summed E-state index contributed by atoms with van der Waals surface area (Å²) in [4.78, 5) is 15.5. The predicted molar refractivity (Wildman–Crippen MR) is 82.1 cm³/mol. The third-order valence-corrected chi connectivity index (χ3v) is 3.48. The first kappa shape index (κ1) is 12.5. The van der Waals surface area contributed by atoms with Gasteiger partial charge in [-0.1, -0.05) is 43.3 Å². The fraction of sp³-hybridized carbons (Fsp3) is 0.118. The Hall–Kier alpha value is -2.55. The van der Waals surface area contributed by atoms with Crippen molar-refractivity contribution in [2.24, 2.45) is 0 Å². The molecule has 0 fully saturated rings. The minimum absolute atomic E-state index is 0.0802. The normalized spacial score (nSPS) is 10.7. The van der Waals surface area contributed by atoms with Crippen molar-refractivity contribution >= 4 is 22.5 Å². The molecule has 0 aliphatic carbocycles. The number of carbonyl (C=O) groups excluding carboxylic acids is 1. The lowest BCUT2D eigenvalue weighted by atomic mass is 10.1. The zero-order chi connectivity index (χ0) is 13.9. The highest BCUT2D eigenvalue weighted by atomic mass is 16.1. The van der Waals surface area contributed by atoms with Gasteiger partial charge < -0.3 is 10.3 Å². The lowest BCUT2D eigenvalue weighted by Gasteiger charge is -2.09. The van der Waals surface area contributed by atoms with E-state index < -0.39 is 0 Å². The van der Waals surface area contributed by atoms with Gasteiger partial charge in [0, 0.05) is 22.8 Å². The SMILES string of the molecule is CCc1ccccc1NC(=O)c1c[nH]c2ccccc12. The summed E-state index contributed by atoms with van der Waals surface area (Å²) in [5.74, 6) is -0.0802. The summed E-state index contributed by atoms with van der Waals surface area (Å²) in [6, 6.07) is 15.7. The maximum atomic E-state index is 12.4. The maximum absolute atomic E-state index is 12.4. The van der Waals surface area contributed by atoms with E-state index in [9.17, 15) is 4.79 Å². The zero-order valence-corrected chi connectivity index (χ0v) is 11.3. The average Bonchev–Trinajstić information content (AvgIpc) is 2.92. The van der Waals surface area contributed by atoms with Crippen molar-refractivity contribution < 1.29 is 4.79 Å². The van der Waals surface area contributed by atoms with Crippen molar-refractivity contribution in [1.82, 2.24) is 4.98 Å². The summed E-state index contributed by atoms with van der Waals surface area (Å²) in [6.45, 7) is 2.08. The van der Waals surface area contributed by atoms with Gasteiger partial charge >= 0.3 is 0 Å². The number of fused-ring (bicyclic) bond motifs is 1. The van der Waals surface area contributed by atoms with Gasteiger partial charge in [-0.3, -0.25) is 4.79 Å². The van der Waals surface area contributed by atoms with E-state index in [1.165, 1.54) is 0 Å². The van der Waals surface area contributed by atoms with Crippen molar-refractivity contribution in [2.45, 2.75) is 13.3 Å². The molecule has 2 N–H and O–H groups in total. The fourth-order valence-electron chi connectivity index (χ4n) is 2.40. The van der Waals surface area contributed by atoms with Crippen LogP contribution >= 0.6 is 0 Å².